The number of morpholine rings is 1. The molecule has 0 aliphatic carbocycles. The van der Waals surface area contributed by atoms with Crippen molar-refractivity contribution in [3.05, 3.63) is 63.8 Å². The number of carbonyl (C=O) groups is 1. The largest absolute Gasteiger partial charge is 0.375 e. The molecule has 144 valence electrons. The molecule has 1 aromatic heterocycles. The molecule has 2 heterocycles. The Hall–Kier alpha value is -2.51. The van der Waals surface area contributed by atoms with Crippen molar-refractivity contribution >= 4 is 5.91 Å². The Labute approximate surface area is 158 Å². The SMILES string of the molecule is Cc1cc(=O)[nH]c(CCNC(=O)C[C@H]2CN(Cc3ccccc3)CCO2)n1. The van der Waals surface area contributed by atoms with E-state index >= 15 is 0 Å². The van der Waals surface area contributed by atoms with E-state index in [-0.39, 0.29) is 17.6 Å². The van der Waals surface area contributed by atoms with Crippen molar-refractivity contribution in [2.24, 2.45) is 0 Å². The molecule has 1 amide bonds. The minimum atomic E-state index is -0.169. The summed E-state index contributed by atoms with van der Waals surface area (Å²) >= 11 is 0. The molecule has 1 fully saturated rings. The van der Waals surface area contributed by atoms with Gasteiger partial charge in [0, 0.05) is 44.4 Å². The lowest BCUT2D eigenvalue weighted by molar-refractivity contribution is -0.126. The fourth-order valence-corrected chi connectivity index (χ4v) is 3.25. The van der Waals surface area contributed by atoms with Gasteiger partial charge in [-0.1, -0.05) is 30.3 Å². The number of carbonyl (C=O) groups excluding carboxylic acids is 1. The predicted molar refractivity (Wildman–Crippen MR) is 102 cm³/mol. The Bertz CT molecular complexity index is 806. The van der Waals surface area contributed by atoms with Gasteiger partial charge < -0.3 is 15.0 Å². The molecule has 0 bridgehead atoms. The van der Waals surface area contributed by atoms with Crippen LogP contribution in [-0.4, -0.2) is 53.1 Å². The van der Waals surface area contributed by atoms with Gasteiger partial charge in [-0.25, -0.2) is 4.98 Å². The summed E-state index contributed by atoms with van der Waals surface area (Å²) in [6.07, 6.45) is 0.733. The number of aromatic amines is 1. The van der Waals surface area contributed by atoms with Crippen molar-refractivity contribution in [2.75, 3.05) is 26.2 Å². The van der Waals surface area contributed by atoms with Crippen LogP contribution in [0, 0.1) is 6.92 Å². The van der Waals surface area contributed by atoms with E-state index in [9.17, 15) is 9.59 Å². The molecular weight excluding hydrogens is 344 g/mol. The summed E-state index contributed by atoms with van der Waals surface area (Å²) in [4.78, 5) is 32.9. The molecular formula is C20H26N4O3. The number of nitrogens with one attached hydrogen (secondary N) is 2. The summed E-state index contributed by atoms with van der Waals surface area (Å²) in [7, 11) is 0. The number of nitrogens with zero attached hydrogens (tertiary/aromatic N) is 2. The van der Waals surface area contributed by atoms with Crippen LogP contribution in [0.3, 0.4) is 0 Å². The molecule has 1 atom stereocenters. The van der Waals surface area contributed by atoms with Gasteiger partial charge in [-0.2, -0.15) is 0 Å². The second kappa shape index (κ2) is 9.43. The van der Waals surface area contributed by atoms with Gasteiger partial charge >= 0.3 is 0 Å². The standard InChI is InChI=1S/C20H26N4O3/c1-15-11-20(26)23-18(22-15)7-8-21-19(25)12-17-14-24(9-10-27-17)13-16-5-3-2-4-6-16/h2-6,11,17H,7-10,12-14H2,1H3,(H,21,25)(H,22,23,26)/t17-/m0/s1. The molecule has 7 nitrogen and oxygen atoms in total. The van der Waals surface area contributed by atoms with Crippen molar-refractivity contribution in [1.82, 2.24) is 20.2 Å². The van der Waals surface area contributed by atoms with Gasteiger partial charge in [0.25, 0.3) is 5.56 Å². The van der Waals surface area contributed by atoms with Crippen molar-refractivity contribution in [1.29, 1.82) is 0 Å². The van der Waals surface area contributed by atoms with Gasteiger partial charge in [-0.05, 0) is 12.5 Å². The lowest BCUT2D eigenvalue weighted by Crippen LogP contribution is -2.44. The summed E-state index contributed by atoms with van der Waals surface area (Å²) in [5.74, 6) is 0.541. The molecule has 1 aliphatic heterocycles. The van der Waals surface area contributed by atoms with Crippen LogP contribution in [0.25, 0.3) is 0 Å². The Morgan fingerprint density at radius 1 is 1.37 bits per heavy atom. The highest BCUT2D eigenvalue weighted by molar-refractivity contribution is 5.76. The van der Waals surface area contributed by atoms with E-state index in [0.29, 0.717) is 37.5 Å². The summed E-state index contributed by atoms with van der Waals surface area (Å²) < 4.78 is 5.75. The monoisotopic (exact) mass is 370 g/mol. The molecule has 1 aromatic carbocycles. The summed E-state index contributed by atoms with van der Waals surface area (Å²) in [5, 5.41) is 2.88. The topological polar surface area (TPSA) is 87.3 Å². The molecule has 0 unspecified atom stereocenters. The third kappa shape index (κ3) is 6.30. The second-order valence-electron chi connectivity index (χ2n) is 6.85. The Morgan fingerprint density at radius 2 is 2.19 bits per heavy atom. The molecule has 2 N–H and O–H groups in total. The molecule has 0 spiro atoms. The fraction of sp³-hybridized carbons (Fsp3) is 0.450. The molecule has 2 aromatic rings. The van der Waals surface area contributed by atoms with E-state index < -0.39 is 0 Å². The number of hydrogen-bond acceptors (Lipinski definition) is 5. The molecule has 3 rings (SSSR count). The van der Waals surface area contributed by atoms with Crippen molar-refractivity contribution in [2.45, 2.75) is 32.4 Å². The number of benzene rings is 1. The zero-order valence-electron chi connectivity index (χ0n) is 15.6. The lowest BCUT2D eigenvalue weighted by atomic mass is 10.1. The van der Waals surface area contributed by atoms with E-state index in [0.717, 1.165) is 19.6 Å². The van der Waals surface area contributed by atoms with Crippen molar-refractivity contribution < 1.29 is 9.53 Å². The number of rotatable bonds is 7. The van der Waals surface area contributed by atoms with Crippen LogP contribution in [0.4, 0.5) is 0 Å². The Balaban J connectivity index is 1.41. The van der Waals surface area contributed by atoms with E-state index in [1.807, 2.05) is 18.2 Å². The van der Waals surface area contributed by atoms with Gasteiger partial charge in [0.2, 0.25) is 5.91 Å². The maximum Gasteiger partial charge on any atom is 0.251 e. The fourth-order valence-electron chi connectivity index (χ4n) is 3.25. The van der Waals surface area contributed by atoms with Crippen LogP contribution < -0.4 is 10.9 Å². The van der Waals surface area contributed by atoms with E-state index in [1.165, 1.54) is 11.6 Å². The maximum atomic E-state index is 12.2. The molecule has 0 radical (unpaired) electrons. The first-order valence-corrected chi connectivity index (χ1v) is 9.30. The van der Waals surface area contributed by atoms with Crippen LogP contribution >= 0.6 is 0 Å². The van der Waals surface area contributed by atoms with Gasteiger partial charge in [0.1, 0.15) is 5.82 Å². The number of H-pyrrole nitrogens is 1. The van der Waals surface area contributed by atoms with Crippen LogP contribution in [0.1, 0.15) is 23.5 Å². The average molecular weight is 370 g/mol. The number of amides is 1. The second-order valence-corrected chi connectivity index (χ2v) is 6.85. The molecule has 1 saturated heterocycles. The summed E-state index contributed by atoms with van der Waals surface area (Å²) in [6, 6.07) is 11.8. The minimum Gasteiger partial charge on any atom is -0.375 e. The van der Waals surface area contributed by atoms with Crippen LogP contribution in [0.2, 0.25) is 0 Å². The molecule has 0 saturated carbocycles. The third-order valence-corrected chi connectivity index (χ3v) is 4.49. The van der Waals surface area contributed by atoms with Gasteiger partial charge in [0.05, 0.1) is 19.1 Å². The van der Waals surface area contributed by atoms with Crippen LogP contribution in [0.15, 0.2) is 41.2 Å². The molecule has 27 heavy (non-hydrogen) atoms. The number of hydrogen-bond donors (Lipinski definition) is 2. The highest BCUT2D eigenvalue weighted by Crippen LogP contribution is 2.12. The third-order valence-electron chi connectivity index (χ3n) is 4.49. The first-order valence-electron chi connectivity index (χ1n) is 9.30. The number of ether oxygens (including phenoxy) is 1. The summed E-state index contributed by atoms with van der Waals surface area (Å²) in [6.45, 7) is 5.34. The number of aromatic nitrogens is 2. The average Bonchev–Trinajstić information content (AvgIpc) is 2.62. The van der Waals surface area contributed by atoms with E-state index in [2.05, 4.69) is 32.3 Å². The van der Waals surface area contributed by atoms with Gasteiger partial charge in [-0.15, -0.1) is 0 Å². The highest BCUT2D eigenvalue weighted by Gasteiger charge is 2.22. The predicted octanol–water partition coefficient (Wildman–Crippen LogP) is 1.03. The van der Waals surface area contributed by atoms with Crippen LogP contribution in [0.5, 0.6) is 0 Å². The normalized spacial score (nSPS) is 17.6. The zero-order chi connectivity index (χ0) is 19.1. The molecule has 1 aliphatic rings. The van der Waals surface area contributed by atoms with Crippen LogP contribution in [-0.2, 0) is 22.5 Å². The first-order chi connectivity index (χ1) is 13.1. The lowest BCUT2D eigenvalue weighted by Gasteiger charge is -2.32. The highest BCUT2D eigenvalue weighted by atomic mass is 16.5. The molecule has 7 heteroatoms. The van der Waals surface area contributed by atoms with Crippen molar-refractivity contribution in [3.63, 3.8) is 0 Å². The Kier molecular flexibility index (Phi) is 6.73. The minimum absolute atomic E-state index is 0.0449. The smallest absolute Gasteiger partial charge is 0.251 e. The first kappa shape index (κ1) is 19.3. The number of aryl methyl sites for hydroxylation is 1. The van der Waals surface area contributed by atoms with Gasteiger partial charge in [-0.3, -0.25) is 14.5 Å². The van der Waals surface area contributed by atoms with E-state index in [4.69, 9.17) is 4.74 Å². The maximum absolute atomic E-state index is 12.2. The van der Waals surface area contributed by atoms with Crippen molar-refractivity contribution in [3.8, 4) is 0 Å². The summed E-state index contributed by atoms with van der Waals surface area (Å²) in [5.41, 5.74) is 1.77. The Morgan fingerprint density at radius 3 is 2.96 bits per heavy atom. The zero-order valence-corrected chi connectivity index (χ0v) is 15.6. The van der Waals surface area contributed by atoms with E-state index in [1.54, 1.807) is 6.92 Å². The quantitative estimate of drug-likeness (QED) is 0.760. The van der Waals surface area contributed by atoms with Gasteiger partial charge in [0.15, 0.2) is 0 Å².